The van der Waals surface area contributed by atoms with E-state index in [0.29, 0.717) is 5.17 Å². The van der Waals surface area contributed by atoms with Crippen molar-refractivity contribution < 1.29 is 31.8 Å². The number of ether oxygens (including phenoxy) is 2. The molecule has 1 aromatic rings. The van der Waals surface area contributed by atoms with Crippen molar-refractivity contribution in [1.29, 1.82) is 0 Å². The van der Waals surface area contributed by atoms with Crippen molar-refractivity contribution in [3.8, 4) is 0 Å². The summed E-state index contributed by atoms with van der Waals surface area (Å²) in [4.78, 5) is 24.3. The van der Waals surface area contributed by atoms with Crippen LogP contribution >= 0.6 is 0 Å². The fourth-order valence-corrected chi connectivity index (χ4v) is 3.13. The van der Waals surface area contributed by atoms with Crippen LogP contribution in [0.1, 0.15) is 12.5 Å². The molecule has 1 unspecified atom stereocenters. The van der Waals surface area contributed by atoms with Crippen molar-refractivity contribution in [2.24, 2.45) is 10.3 Å². The van der Waals surface area contributed by atoms with Gasteiger partial charge in [0, 0.05) is 0 Å². The van der Waals surface area contributed by atoms with Gasteiger partial charge in [-0.1, -0.05) is 17.7 Å². The second-order valence-corrected chi connectivity index (χ2v) is 6.77. The summed E-state index contributed by atoms with van der Waals surface area (Å²) in [6.45, 7) is 3.16. The maximum absolute atomic E-state index is 12.4. The van der Waals surface area contributed by atoms with Gasteiger partial charge < -0.3 is 9.47 Å². The summed E-state index contributed by atoms with van der Waals surface area (Å²) in [5, 5.41) is 7.46. The van der Waals surface area contributed by atoms with E-state index < -0.39 is 33.6 Å². The van der Waals surface area contributed by atoms with Crippen LogP contribution < -0.4 is 0 Å². The number of benzene rings is 1. The van der Waals surface area contributed by atoms with Gasteiger partial charge in [0.25, 0.3) is 0 Å². The first-order valence-electron chi connectivity index (χ1n) is 7.09. The lowest BCUT2D eigenvalue weighted by Gasteiger charge is -2.30. The molecular weight excluding hydrogens is 354 g/mol. The molecule has 1 aromatic carbocycles. The molecule has 0 aromatic heterocycles. The molecular formula is C14H17N3O7S. The summed E-state index contributed by atoms with van der Waals surface area (Å²) >= 11 is 0. The molecule has 1 heterocycles. The Morgan fingerprint density at radius 3 is 2.12 bits per heavy atom. The largest absolute Gasteiger partial charge is 0.467 e. The highest BCUT2D eigenvalue weighted by Crippen LogP contribution is 2.34. The van der Waals surface area contributed by atoms with Gasteiger partial charge in [-0.25, -0.2) is 9.59 Å². The highest BCUT2D eigenvalue weighted by molar-refractivity contribution is 7.86. The van der Waals surface area contributed by atoms with Crippen LogP contribution in [0, 0.1) is 6.92 Å². The Morgan fingerprint density at radius 1 is 1.12 bits per heavy atom. The number of nitrogens with zero attached hydrogens (tertiary/aromatic N) is 3. The van der Waals surface area contributed by atoms with E-state index in [0.717, 1.165) is 19.8 Å². The highest BCUT2D eigenvalue weighted by Gasteiger charge is 2.64. The third-order valence-corrected chi connectivity index (χ3v) is 4.87. The average molecular weight is 371 g/mol. The topological polar surface area (TPSA) is 124 Å². The molecule has 0 saturated heterocycles. The van der Waals surface area contributed by atoms with Crippen LogP contribution in [-0.2, 0) is 33.5 Å². The van der Waals surface area contributed by atoms with Gasteiger partial charge in [-0.2, -0.15) is 13.5 Å². The minimum atomic E-state index is -4.38. The Kier molecular flexibility index (Phi) is 5.09. The normalized spacial score (nSPS) is 18.9. The lowest BCUT2D eigenvalue weighted by atomic mass is 9.92. The van der Waals surface area contributed by atoms with Crippen LogP contribution in [-0.4, -0.2) is 51.3 Å². The van der Waals surface area contributed by atoms with Crippen molar-refractivity contribution in [1.82, 2.24) is 5.17 Å². The number of hydroxylamine groups is 1. The molecule has 0 saturated carbocycles. The standard InChI is InChI=1S/C14H17N3O7S/c1-9-5-7-11(8-6-9)25(20,21)24-17-14(12(18)22-3,13(19)23-4)10(2)15-16-17/h5-8,10H,1-4H3. The van der Waals surface area contributed by atoms with Crippen LogP contribution in [0.15, 0.2) is 39.5 Å². The van der Waals surface area contributed by atoms with Crippen molar-refractivity contribution in [2.75, 3.05) is 14.2 Å². The minimum absolute atomic E-state index is 0.184. The Hall–Kier alpha value is -2.53. The van der Waals surface area contributed by atoms with E-state index in [9.17, 15) is 18.0 Å². The number of methoxy groups -OCH3 is 2. The summed E-state index contributed by atoms with van der Waals surface area (Å²) in [7, 11) is -2.32. The molecule has 0 bridgehead atoms. The quantitative estimate of drug-likeness (QED) is 0.549. The smallest absolute Gasteiger partial charge is 0.350 e. The average Bonchev–Trinajstić information content (AvgIpc) is 2.90. The Bertz CT molecular complexity index is 788. The van der Waals surface area contributed by atoms with Gasteiger partial charge in [-0.3, -0.25) is 0 Å². The Balaban J connectivity index is 2.45. The molecule has 0 aliphatic carbocycles. The monoisotopic (exact) mass is 371 g/mol. The summed E-state index contributed by atoms with van der Waals surface area (Å²) < 4.78 is 39.0. The SMILES string of the molecule is COC(=O)C1(C(=O)OC)C(C)N=NN1OS(=O)(=O)c1ccc(C)cc1. The Morgan fingerprint density at radius 2 is 1.64 bits per heavy atom. The van der Waals surface area contributed by atoms with Crippen molar-refractivity contribution in [3.05, 3.63) is 29.8 Å². The predicted molar refractivity (Wildman–Crippen MR) is 82.4 cm³/mol. The third kappa shape index (κ3) is 3.07. The van der Waals surface area contributed by atoms with Crippen molar-refractivity contribution in [2.45, 2.75) is 30.3 Å². The number of carbonyl (C=O) groups is 2. The third-order valence-electron chi connectivity index (χ3n) is 3.68. The van der Waals surface area contributed by atoms with Gasteiger partial charge in [0.2, 0.25) is 0 Å². The fourth-order valence-electron chi connectivity index (χ4n) is 2.24. The molecule has 0 N–H and O–H groups in total. The highest BCUT2D eigenvalue weighted by atomic mass is 32.2. The fraction of sp³-hybridized carbons (Fsp3) is 0.429. The summed E-state index contributed by atoms with van der Waals surface area (Å²) in [6.07, 6.45) is 0. The lowest BCUT2D eigenvalue weighted by Crippen LogP contribution is -2.62. The Labute approximate surface area is 144 Å². The predicted octanol–water partition coefficient (Wildman–Crippen LogP) is 0.771. The second kappa shape index (κ2) is 6.76. The molecule has 1 aliphatic heterocycles. The van der Waals surface area contributed by atoms with Gasteiger partial charge in [-0.05, 0) is 31.2 Å². The maximum atomic E-state index is 12.4. The van der Waals surface area contributed by atoms with Crippen LogP contribution in [0.5, 0.6) is 0 Å². The summed E-state index contributed by atoms with van der Waals surface area (Å²) in [6, 6.07) is 4.68. The van der Waals surface area contributed by atoms with Gasteiger partial charge in [-0.15, -0.1) is 9.46 Å². The van der Waals surface area contributed by atoms with E-state index >= 15 is 0 Å². The number of hydrogen-bond acceptors (Lipinski definition) is 10. The first-order chi connectivity index (χ1) is 11.7. The number of carbonyl (C=O) groups excluding carboxylic acids is 2. The number of esters is 2. The second-order valence-electron chi connectivity index (χ2n) is 5.25. The molecule has 0 fully saturated rings. The molecule has 2 rings (SSSR count). The molecule has 10 nitrogen and oxygen atoms in total. The summed E-state index contributed by atoms with van der Waals surface area (Å²) in [5.74, 6) is -2.23. The van der Waals surface area contributed by atoms with Gasteiger partial charge >= 0.3 is 27.6 Å². The first-order valence-corrected chi connectivity index (χ1v) is 8.50. The van der Waals surface area contributed by atoms with Gasteiger partial charge in [0.05, 0.1) is 19.1 Å². The van der Waals surface area contributed by atoms with E-state index in [1.807, 2.05) is 0 Å². The van der Waals surface area contributed by atoms with Crippen molar-refractivity contribution in [3.63, 3.8) is 0 Å². The molecule has 1 aliphatic rings. The van der Waals surface area contributed by atoms with Gasteiger partial charge in [0.15, 0.2) is 0 Å². The maximum Gasteiger partial charge on any atom is 0.350 e. The minimum Gasteiger partial charge on any atom is -0.467 e. The number of aryl methyl sites for hydroxylation is 1. The number of hydrogen-bond donors (Lipinski definition) is 0. The van der Waals surface area contributed by atoms with Crippen LogP contribution in [0.25, 0.3) is 0 Å². The van der Waals surface area contributed by atoms with E-state index in [4.69, 9.17) is 4.28 Å². The lowest BCUT2D eigenvalue weighted by molar-refractivity contribution is -0.197. The van der Waals surface area contributed by atoms with E-state index in [1.165, 1.54) is 19.1 Å². The zero-order valence-electron chi connectivity index (χ0n) is 14.0. The summed E-state index contributed by atoms with van der Waals surface area (Å²) in [5.41, 5.74) is -1.46. The van der Waals surface area contributed by atoms with Crippen LogP contribution in [0.4, 0.5) is 0 Å². The zero-order chi connectivity index (χ0) is 18.8. The zero-order valence-corrected chi connectivity index (χ0v) is 14.8. The van der Waals surface area contributed by atoms with Crippen LogP contribution in [0.2, 0.25) is 0 Å². The van der Waals surface area contributed by atoms with E-state index in [1.54, 1.807) is 19.1 Å². The van der Waals surface area contributed by atoms with E-state index in [2.05, 4.69) is 19.8 Å². The van der Waals surface area contributed by atoms with Gasteiger partial charge in [0.1, 0.15) is 6.04 Å². The molecule has 25 heavy (non-hydrogen) atoms. The molecule has 0 spiro atoms. The van der Waals surface area contributed by atoms with E-state index in [-0.39, 0.29) is 4.90 Å². The molecule has 0 amide bonds. The molecule has 0 radical (unpaired) electrons. The molecule has 136 valence electrons. The number of rotatable bonds is 5. The van der Waals surface area contributed by atoms with Crippen molar-refractivity contribution >= 4 is 22.1 Å². The first kappa shape index (κ1) is 18.8. The van der Waals surface area contributed by atoms with Crippen LogP contribution in [0.3, 0.4) is 0 Å². The molecule has 1 atom stereocenters. The molecule has 11 heteroatoms.